The van der Waals surface area contributed by atoms with Crippen molar-refractivity contribution in [1.82, 2.24) is 10.6 Å². The van der Waals surface area contributed by atoms with Gasteiger partial charge in [0.1, 0.15) is 4.34 Å². The molecule has 100 valence electrons. The van der Waals surface area contributed by atoms with Gasteiger partial charge in [-0.3, -0.25) is 4.79 Å². The summed E-state index contributed by atoms with van der Waals surface area (Å²) in [7, 11) is 0. The van der Waals surface area contributed by atoms with Gasteiger partial charge in [0, 0.05) is 12.1 Å². The van der Waals surface area contributed by atoms with E-state index in [-0.39, 0.29) is 18.0 Å². The molecule has 1 aromatic rings. The molecule has 3 nitrogen and oxygen atoms in total. The number of carbonyl (C=O) groups excluding carboxylic acids is 1. The first-order chi connectivity index (χ1) is 8.49. The molecule has 1 saturated heterocycles. The monoisotopic (exact) mass is 306 g/mol. The normalized spacial score (nSPS) is 28.1. The summed E-state index contributed by atoms with van der Waals surface area (Å²) in [5.74, 6) is 0.314. The van der Waals surface area contributed by atoms with Crippen molar-refractivity contribution >= 4 is 40.4 Å². The Bertz CT molecular complexity index is 439. The van der Waals surface area contributed by atoms with Gasteiger partial charge in [-0.1, -0.05) is 30.1 Å². The molecule has 0 aliphatic carbocycles. The molecule has 2 heterocycles. The van der Waals surface area contributed by atoms with Crippen LogP contribution in [-0.2, 0) is 0 Å². The van der Waals surface area contributed by atoms with Crippen LogP contribution in [0.2, 0.25) is 8.67 Å². The fourth-order valence-corrected chi connectivity index (χ4v) is 3.79. The number of nitrogens with one attached hydrogen (secondary N) is 2. The number of piperidine rings is 1. The number of halogens is 2. The highest BCUT2D eigenvalue weighted by Crippen LogP contribution is 2.31. The first-order valence-corrected chi connectivity index (χ1v) is 7.55. The predicted octanol–water partition coefficient (Wildman–Crippen LogP) is 3.17. The number of carbonyl (C=O) groups is 1. The van der Waals surface area contributed by atoms with Crippen LogP contribution in [0.5, 0.6) is 0 Å². The third-order valence-corrected chi connectivity index (χ3v) is 4.90. The van der Waals surface area contributed by atoms with Crippen molar-refractivity contribution < 1.29 is 4.79 Å². The van der Waals surface area contributed by atoms with Crippen LogP contribution >= 0.6 is 34.5 Å². The van der Waals surface area contributed by atoms with Crippen molar-refractivity contribution in [1.29, 1.82) is 0 Å². The highest BCUT2D eigenvalue weighted by molar-refractivity contribution is 7.20. The Hall–Kier alpha value is -0.290. The molecule has 2 rings (SSSR count). The second kappa shape index (κ2) is 5.78. The Morgan fingerprint density at radius 1 is 1.50 bits per heavy atom. The summed E-state index contributed by atoms with van der Waals surface area (Å²) in [6.45, 7) is 5.24. The highest BCUT2D eigenvalue weighted by Gasteiger charge is 2.29. The van der Waals surface area contributed by atoms with Gasteiger partial charge in [0.25, 0.3) is 5.91 Å². The molecule has 0 aromatic carbocycles. The van der Waals surface area contributed by atoms with Gasteiger partial charge in [-0.2, -0.15) is 0 Å². The Morgan fingerprint density at radius 2 is 2.22 bits per heavy atom. The van der Waals surface area contributed by atoms with Crippen molar-refractivity contribution in [3.8, 4) is 0 Å². The molecule has 1 aromatic heterocycles. The van der Waals surface area contributed by atoms with E-state index in [2.05, 4.69) is 24.5 Å². The van der Waals surface area contributed by atoms with Crippen LogP contribution in [0.3, 0.4) is 0 Å². The fraction of sp³-hybridized carbons (Fsp3) is 0.583. The van der Waals surface area contributed by atoms with Crippen LogP contribution in [0, 0.1) is 5.92 Å². The van der Waals surface area contributed by atoms with E-state index in [0.717, 1.165) is 13.0 Å². The van der Waals surface area contributed by atoms with Crippen LogP contribution in [0.1, 0.15) is 30.6 Å². The van der Waals surface area contributed by atoms with Gasteiger partial charge < -0.3 is 10.6 Å². The summed E-state index contributed by atoms with van der Waals surface area (Å²) in [4.78, 5) is 12.2. The second-order valence-electron chi connectivity index (χ2n) is 4.75. The molecular weight excluding hydrogens is 291 g/mol. The molecule has 1 aliphatic rings. The summed E-state index contributed by atoms with van der Waals surface area (Å²) in [6.07, 6.45) is 1.06. The first kappa shape index (κ1) is 14.1. The third-order valence-electron chi connectivity index (χ3n) is 3.42. The van der Waals surface area contributed by atoms with Crippen LogP contribution in [0.25, 0.3) is 0 Å². The number of amides is 1. The Morgan fingerprint density at radius 3 is 2.78 bits per heavy atom. The molecule has 1 amide bonds. The van der Waals surface area contributed by atoms with E-state index in [1.54, 1.807) is 6.07 Å². The summed E-state index contributed by atoms with van der Waals surface area (Å²) < 4.78 is 0.981. The van der Waals surface area contributed by atoms with Gasteiger partial charge >= 0.3 is 0 Å². The lowest BCUT2D eigenvalue weighted by atomic mass is 9.89. The highest BCUT2D eigenvalue weighted by atomic mass is 35.5. The standard InChI is InChI=1S/C12H16Cl2N2OS/c1-6-3-4-15-7(2)10(6)16-12(17)8-5-9(13)18-11(8)14/h5-7,10,15H,3-4H2,1-2H3,(H,16,17). The molecule has 18 heavy (non-hydrogen) atoms. The van der Waals surface area contributed by atoms with E-state index < -0.39 is 0 Å². The minimum Gasteiger partial charge on any atom is -0.347 e. The average Bonchev–Trinajstić information content (AvgIpc) is 2.63. The van der Waals surface area contributed by atoms with Gasteiger partial charge in [0.2, 0.25) is 0 Å². The number of thiophene rings is 1. The smallest absolute Gasteiger partial charge is 0.254 e. The summed E-state index contributed by atoms with van der Waals surface area (Å²) in [6, 6.07) is 2.02. The summed E-state index contributed by atoms with van der Waals surface area (Å²) in [5, 5.41) is 6.42. The van der Waals surface area contributed by atoms with Crippen LogP contribution in [0.15, 0.2) is 6.07 Å². The number of hydrogen-bond acceptors (Lipinski definition) is 3. The maximum absolute atomic E-state index is 12.2. The molecule has 3 unspecified atom stereocenters. The van der Waals surface area contributed by atoms with Crippen molar-refractivity contribution in [2.24, 2.45) is 5.92 Å². The molecule has 3 atom stereocenters. The van der Waals surface area contributed by atoms with Gasteiger partial charge in [-0.05, 0) is 31.9 Å². The lowest BCUT2D eigenvalue weighted by molar-refractivity contribution is 0.0898. The molecule has 1 fully saturated rings. The van der Waals surface area contributed by atoms with E-state index in [1.807, 2.05) is 0 Å². The predicted molar refractivity (Wildman–Crippen MR) is 76.8 cm³/mol. The van der Waals surface area contributed by atoms with Crippen molar-refractivity contribution in [3.63, 3.8) is 0 Å². The van der Waals surface area contributed by atoms with Gasteiger partial charge in [-0.15, -0.1) is 11.3 Å². The Labute approximate surface area is 121 Å². The van der Waals surface area contributed by atoms with Crippen molar-refractivity contribution in [2.45, 2.75) is 32.4 Å². The lowest BCUT2D eigenvalue weighted by Crippen LogP contribution is -2.55. The summed E-state index contributed by atoms with van der Waals surface area (Å²) >= 11 is 13.1. The number of hydrogen-bond donors (Lipinski definition) is 2. The SMILES string of the molecule is CC1CCNC(C)C1NC(=O)c1cc(Cl)sc1Cl. The molecule has 0 spiro atoms. The molecule has 0 bridgehead atoms. The maximum atomic E-state index is 12.2. The quantitative estimate of drug-likeness (QED) is 0.881. The number of rotatable bonds is 2. The largest absolute Gasteiger partial charge is 0.347 e. The molecule has 1 aliphatic heterocycles. The van der Waals surface area contributed by atoms with Gasteiger partial charge in [0.15, 0.2) is 0 Å². The topological polar surface area (TPSA) is 41.1 Å². The second-order valence-corrected chi connectivity index (χ2v) is 7.03. The minimum absolute atomic E-state index is 0.126. The first-order valence-electron chi connectivity index (χ1n) is 5.98. The van der Waals surface area contributed by atoms with E-state index >= 15 is 0 Å². The van der Waals surface area contributed by atoms with E-state index in [4.69, 9.17) is 23.2 Å². The Kier molecular flexibility index (Phi) is 4.54. The van der Waals surface area contributed by atoms with Crippen LogP contribution in [-0.4, -0.2) is 24.5 Å². The zero-order chi connectivity index (χ0) is 13.3. The van der Waals surface area contributed by atoms with Gasteiger partial charge in [0.05, 0.1) is 9.90 Å². The summed E-state index contributed by atoms with van der Waals surface area (Å²) in [5.41, 5.74) is 0.469. The van der Waals surface area contributed by atoms with Gasteiger partial charge in [-0.25, -0.2) is 0 Å². The molecule has 0 radical (unpaired) electrons. The zero-order valence-electron chi connectivity index (χ0n) is 10.3. The minimum atomic E-state index is -0.143. The van der Waals surface area contributed by atoms with Crippen LogP contribution < -0.4 is 10.6 Å². The average molecular weight is 307 g/mol. The van der Waals surface area contributed by atoms with Crippen molar-refractivity contribution in [2.75, 3.05) is 6.54 Å². The molecule has 0 saturated carbocycles. The Balaban J connectivity index is 2.08. The maximum Gasteiger partial charge on any atom is 0.254 e. The van der Waals surface area contributed by atoms with Crippen LogP contribution in [0.4, 0.5) is 0 Å². The fourth-order valence-electron chi connectivity index (χ4n) is 2.33. The van der Waals surface area contributed by atoms with Crippen molar-refractivity contribution in [3.05, 3.63) is 20.3 Å². The third kappa shape index (κ3) is 2.99. The van der Waals surface area contributed by atoms with E-state index in [0.29, 0.717) is 20.2 Å². The lowest BCUT2D eigenvalue weighted by Gasteiger charge is -2.35. The molecule has 6 heteroatoms. The van der Waals surface area contributed by atoms with E-state index in [9.17, 15) is 4.79 Å². The zero-order valence-corrected chi connectivity index (χ0v) is 12.6. The molecule has 2 N–H and O–H groups in total. The molecular formula is C12H16Cl2N2OS. The van der Waals surface area contributed by atoms with E-state index in [1.165, 1.54) is 11.3 Å².